The molecule has 9 heavy (non-hydrogen) atoms. The Morgan fingerprint density at radius 2 is 2.44 bits per heavy atom. The summed E-state index contributed by atoms with van der Waals surface area (Å²) in [6.45, 7) is 0. The van der Waals surface area contributed by atoms with E-state index in [4.69, 9.17) is 11.1 Å². The lowest BCUT2D eigenvalue weighted by molar-refractivity contribution is 1.39. The summed E-state index contributed by atoms with van der Waals surface area (Å²) in [5.41, 5.74) is 6.76. The van der Waals surface area contributed by atoms with Crippen LogP contribution in [-0.2, 0) is 0 Å². The van der Waals surface area contributed by atoms with Crippen LogP contribution in [0, 0.1) is 5.41 Å². The lowest BCUT2D eigenvalue weighted by atomic mass is 10.5. The van der Waals surface area contributed by atoms with E-state index < -0.39 is 0 Å². The molecule has 0 radical (unpaired) electrons. The van der Waals surface area contributed by atoms with Crippen LogP contribution < -0.4 is 5.73 Å². The van der Waals surface area contributed by atoms with Crippen molar-refractivity contribution in [3.63, 3.8) is 0 Å². The number of amidine groups is 1. The van der Waals surface area contributed by atoms with Crippen molar-refractivity contribution < 1.29 is 0 Å². The van der Waals surface area contributed by atoms with E-state index in [2.05, 4.69) is 4.98 Å². The van der Waals surface area contributed by atoms with E-state index in [1.165, 1.54) is 11.3 Å². The van der Waals surface area contributed by atoms with Gasteiger partial charge in [-0.1, -0.05) is 0 Å². The molecule has 0 amide bonds. The Morgan fingerprint density at radius 1 is 1.78 bits per heavy atom. The molecule has 3 N–H and O–H groups in total. The van der Waals surface area contributed by atoms with Crippen molar-refractivity contribution in [2.45, 2.75) is 0 Å². The number of hydrogen-bond acceptors (Lipinski definition) is 3. The molecule has 5 heteroatoms. The van der Waals surface area contributed by atoms with Gasteiger partial charge in [-0.3, -0.25) is 10.4 Å². The topological polar surface area (TPSA) is 62.8 Å². The van der Waals surface area contributed by atoms with Gasteiger partial charge >= 0.3 is 0 Å². The van der Waals surface area contributed by atoms with Gasteiger partial charge in [-0.2, -0.15) is 0 Å². The molecule has 1 rings (SSSR count). The first-order valence-corrected chi connectivity index (χ1v) is 2.91. The van der Waals surface area contributed by atoms with Gasteiger partial charge in [-0.15, -0.1) is 23.7 Å². The molecule has 0 aromatic carbocycles. The van der Waals surface area contributed by atoms with Crippen molar-refractivity contribution in [2.75, 3.05) is 0 Å². The number of nitrogen functional groups attached to an aromatic ring is 1. The van der Waals surface area contributed by atoms with Crippen molar-refractivity contribution in [1.82, 2.24) is 4.98 Å². The molecule has 0 aliphatic carbocycles. The van der Waals surface area contributed by atoms with Crippen LogP contribution in [0.3, 0.4) is 0 Å². The van der Waals surface area contributed by atoms with E-state index in [9.17, 15) is 0 Å². The lowest BCUT2D eigenvalue weighted by Crippen LogP contribution is -2.08. The van der Waals surface area contributed by atoms with Gasteiger partial charge in [0.25, 0.3) is 0 Å². The maximum atomic E-state index is 6.90. The van der Waals surface area contributed by atoms with Crippen LogP contribution in [0.5, 0.6) is 0 Å². The Hall–Kier alpha value is -0.610. The van der Waals surface area contributed by atoms with Crippen LogP contribution in [0.15, 0.2) is 11.7 Å². The van der Waals surface area contributed by atoms with Gasteiger partial charge in [0, 0.05) is 6.20 Å². The smallest absolute Gasteiger partial charge is 0.134 e. The molecular weight excluding hydrogens is 158 g/mol. The van der Waals surface area contributed by atoms with Crippen molar-refractivity contribution >= 4 is 29.6 Å². The highest BCUT2D eigenvalue weighted by atomic mass is 35.5. The van der Waals surface area contributed by atoms with Crippen LogP contribution in [-0.4, -0.2) is 10.8 Å². The number of nitrogens with zero attached hydrogens (tertiary/aromatic N) is 1. The SMILES string of the molecule is Cl.N=C(N)c1cncs1. The molecule has 0 aliphatic heterocycles. The number of rotatable bonds is 1. The van der Waals surface area contributed by atoms with E-state index in [-0.39, 0.29) is 18.2 Å². The number of aromatic nitrogens is 1. The van der Waals surface area contributed by atoms with Crippen LogP contribution in [0.1, 0.15) is 4.88 Å². The van der Waals surface area contributed by atoms with Crippen molar-refractivity contribution in [3.05, 3.63) is 16.6 Å². The third-order valence-electron chi connectivity index (χ3n) is 0.698. The Labute approximate surface area is 62.8 Å². The largest absolute Gasteiger partial charge is 0.383 e. The molecule has 0 unspecified atom stereocenters. The fourth-order valence-corrected chi connectivity index (χ4v) is 0.833. The third-order valence-corrected chi connectivity index (χ3v) is 1.50. The maximum Gasteiger partial charge on any atom is 0.134 e. The van der Waals surface area contributed by atoms with Crippen molar-refractivity contribution in [1.29, 1.82) is 5.41 Å². The van der Waals surface area contributed by atoms with Gasteiger partial charge in [0.2, 0.25) is 0 Å². The van der Waals surface area contributed by atoms with E-state index >= 15 is 0 Å². The second-order valence-corrected chi connectivity index (χ2v) is 2.17. The molecular formula is C4H6ClN3S. The van der Waals surface area contributed by atoms with E-state index in [0.717, 1.165) is 4.88 Å². The molecule has 0 bridgehead atoms. The van der Waals surface area contributed by atoms with Crippen molar-refractivity contribution in [2.24, 2.45) is 5.73 Å². The summed E-state index contributed by atoms with van der Waals surface area (Å²) in [7, 11) is 0. The average molecular weight is 164 g/mol. The van der Waals surface area contributed by atoms with E-state index in [1.54, 1.807) is 11.7 Å². The molecule has 0 aliphatic rings. The molecule has 0 saturated carbocycles. The fourth-order valence-electron chi connectivity index (χ4n) is 0.349. The second-order valence-electron chi connectivity index (χ2n) is 1.28. The molecule has 0 fully saturated rings. The summed E-state index contributed by atoms with van der Waals surface area (Å²) in [5.74, 6) is 0.0903. The zero-order valence-corrected chi connectivity index (χ0v) is 6.13. The van der Waals surface area contributed by atoms with E-state index in [1.807, 2.05) is 0 Å². The molecule has 0 saturated heterocycles. The average Bonchev–Trinajstić information content (AvgIpc) is 2.12. The highest BCUT2D eigenvalue weighted by molar-refractivity contribution is 7.11. The van der Waals surface area contributed by atoms with Crippen LogP contribution in [0.4, 0.5) is 0 Å². The minimum Gasteiger partial charge on any atom is -0.383 e. The van der Waals surface area contributed by atoms with Crippen LogP contribution in [0.25, 0.3) is 0 Å². The van der Waals surface area contributed by atoms with Gasteiger partial charge in [0.1, 0.15) is 5.84 Å². The number of nitrogens with two attached hydrogens (primary N) is 1. The van der Waals surface area contributed by atoms with Gasteiger partial charge in [-0.25, -0.2) is 0 Å². The Bertz CT molecular complexity index is 184. The van der Waals surface area contributed by atoms with Gasteiger partial charge in [-0.05, 0) is 0 Å². The number of halogens is 1. The van der Waals surface area contributed by atoms with Gasteiger partial charge in [0.05, 0.1) is 10.4 Å². The highest BCUT2D eigenvalue weighted by Crippen LogP contribution is 2.01. The van der Waals surface area contributed by atoms with Gasteiger partial charge in [0.15, 0.2) is 0 Å². The van der Waals surface area contributed by atoms with E-state index in [0.29, 0.717) is 0 Å². The summed E-state index contributed by atoms with van der Waals surface area (Å²) in [5, 5.41) is 6.90. The van der Waals surface area contributed by atoms with Crippen molar-refractivity contribution in [3.8, 4) is 0 Å². The summed E-state index contributed by atoms with van der Waals surface area (Å²) >= 11 is 1.37. The quantitative estimate of drug-likeness (QED) is 0.476. The van der Waals surface area contributed by atoms with Crippen LogP contribution in [0.2, 0.25) is 0 Å². The zero-order chi connectivity index (χ0) is 5.98. The molecule has 1 aromatic rings. The first-order valence-electron chi connectivity index (χ1n) is 2.03. The predicted molar refractivity (Wildman–Crippen MR) is 40.4 cm³/mol. The molecule has 3 nitrogen and oxygen atoms in total. The Morgan fingerprint density at radius 3 is 2.67 bits per heavy atom. The minimum absolute atomic E-state index is 0. The Kier molecular flexibility index (Phi) is 3.19. The molecule has 1 heterocycles. The van der Waals surface area contributed by atoms with Gasteiger partial charge < -0.3 is 5.73 Å². The van der Waals surface area contributed by atoms with Crippen LogP contribution >= 0.6 is 23.7 Å². The monoisotopic (exact) mass is 163 g/mol. The second kappa shape index (κ2) is 3.42. The number of hydrogen-bond donors (Lipinski definition) is 2. The third kappa shape index (κ3) is 1.99. The fraction of sp³-hybridized carbons (Fsp3) is 0. The molecule has 0 atom stereocenters. The molecule has 0 spiro atoms. The predicted octanol–water partition coefficient (Wildman–Crippen LogP) is 0.849. The first-order chi connectivity index (χ1) is 3.80. The normalized spacial score (nSPS) is 8.00. The summed E-state index contributed by atoms with van der Waals surface area (Å²) in [6, 6.07) is 0. The first kappa shape index (κ1) is 8.39. The standard InChI is InChI=1S/C4H5N3S.ClH/c5-4(6)3-1-7-2-8-3;/h1-2H,(H3,5,6);1H. The molecule has 50 valence electrons. The number of nitrogens with one attached hydrogen (secondary N) is 1. The summed E-state index contributed by atoms with van der Waals surface area (Å²) < 4.78 is 0. The maximum absolute atomic E-state index is 6.90. The molecule has 1 aromatic heterocycles. The lowest BCUT2D eigenvalue weighted by Gasteiger charge is -1.83. The highest BCUT2D eigenvalue weighted by Gasteiger charge is 1.93. The minimum atomic E-state index is 0. The summed E-state index contributed by atoms with van der Waals surface area (Å²) in [6.07, 6.45) is 1.58. The Balaban J connectivity index is 0.000000640. The summed E-state index contributed by atoms with van der Waals surface area (Å²) in [4.78, 5) is 4.47. The number of thiazole rings is 1. The zero-order valence-electron chi connectivity index (χ0n) is 4.50.